The van der Waals surface area contributed by atoms with Gasteiger partial charge in [-0.2, -0.15) is 0 Å². The fourth-order valence-electron chi connectivity index (χ4n) is 2.88. The molecule has 0 spiro atoms. The van der Waals surface area contributed by atoms with E-state index in [4.69, 9.17) is 4.74 Å². The third-order valence-electron chi connectivity index (χ3n) is 4.18. The van der Waals surface area contributed by atoms with E-state index < -0.39 is 10.5 Å². The van der Waals surface area contributed by atoms with Crippen molar-refractivity contribution in [1.82, 2.24) is 0 Å². The lowest BCUT2D eigenvalue weighted by molar-refractivity contribution is -0.384. The van der Waals surface area contributed by atoms with Gasteiger partial charge in [-0.1, -0.05) is 18.2 Å². The Balaban J connectivity index is 1.70. The molecule has 1 aliphatic heterocycles. The predicted molar refractivity (Wildman–Crippen MR) is 99.8 cm³/mol. The molecule has 27 heavy (non-hydrogen) atoms. The predicted octanol–water partition coefficient (Wildman–Crippen LogP) is 3.13. The van der Waals surface area contributed by atoms with Crippen molar-refractivity contribution in [2.45, 2.75) is 25.9 Å². The highest BCUT2D eigenvalue weighted by Crippen LogP contribution is 2.37. The Morgan fingerprint density at radius 2 is 1.96 bits per heavy atom. The van der Waals surface area contributed by atoms with Crippen LogP contribution in [0.4, 0.5) is 17.1 Å². The molecular weight excluding hydrogens is 350 g/mol. The molecule has 140 valence electrons. The molecule has 0 bridgehead atoms. The molecule has 0 saturated heterocycles. The Kier molecular flexibility index (Phi) is 4.81. The van der Waals surface area contributed by atoms with Crippen molar-refractivity contribution in [3.05, 3.63) is 58.6 Å². The number of anilines is 2. The molecular formula is C19H19N3O5. The smallest absolute Gasteiger partial charge is 0.271 e. The summed E-state index contributed by atoms with van der Waals surface area (Å²) in [5.74, 6) is 0.00983. The largest absolute Gasteiger partial charge is 0.476 e. The monoisotopic (exact) mass is 369 g/mol. The number of ether oxygens (including phenoxy) is 1. The zero-order valence-corrected chi connectivity index (χ0v) is 15.0. The van der Waals surface area contributed by atoms with Gasteiger partial charge in [-0.15, -0.1) is 0 Å². The molecule has 2 aromatic rings. The van der Waals surface area contributed by atoms with Crippen molar-refractivity contribution in [3.8, 4) is 5.75 Å². The Hall–Kier alpha value is -3.42. The topological polar surface area (TPSA) is 102 Å². The molecule has 8 nitrogen and oxygen atoms in total. The van der Waals surface area contributed by atoms with Crippen molar-refractivity contribution < 1.29 is 19.2 Å². The van der Waals surface area contributed by atoms with Gasteiger partial charge >= 0.3 is 0 Å². The van der Waals surface area contributed by atoms with E-state index in [1.165, 1.54) is 23.1 Å². The summed E-state index contributed by atoms with van der Waals surface area (Å²) >= 11 is 0. The molecule has 1 aliphatic rings. The number of nitro groups is 1. The average molecular weight is 369 g/mol. The van der Waals surface area contributed by atoms with E-state index >= 15 is 0 Å². The zero-order valence-electron chi connectivity index (χ0n) is 15.0. The third kappa shape index (κ3) is 3.89. The highest BCUT2D eigenvalue weighted by atomic mass is 16.6. The Morgan fingerprint density at radius 3 is 2.70 bits per heavy atom. The Labute approximate surface area is 155 Å². The van der Waals surface area contributed by atoms with Gasteiger partial charge in [0, 0.05) is 30.8 Å². The fraction of sp³-hybridized carbons (Fsp3) is 0.263. The second-order valence-electron chi connectivity index (χ2n) is 6.64. The number of benzene rings is 2. The van der Waals surface area contributed by atoms with Gasteiger partial charge in [0.05, 0.1) is 10.6 Å². The van der Waals surface area contributed by atoms with Crippen molar-refractivity contribution >= 4 is 28.9 Å². The second kappa shape index (κ2) is 7.06. The van der Waals surface area contributed by atoms with E-state index in [0.717, 1.165) is 0 Å². The van der Waals surface area contributed by atoms with Crippen molar-refractivity contribution in [3.63, 3.8) is 0 Å². The quantitative estimate of drug-likeness (QED) is 0.644. The number of non-ortho nitro benzene ring substituents is 1. The van der Waals surface area contributed by atoms with Gasteiger partial charge in [-0.05, 0) is 32.0 Å². The molecule has 1 heterocycles. The minimum atomic E-state index is -1.02. The number of hydrogen-bond acceptors (Lipinski definition) is 5. The molecule has 2 aromatic carbocycles. The van der Waals surface area contributed by atoms with Gasteiger partial charge in [0.25, 0.3) is 11.6 Å². The summed E-state index contributed by atoms with van der Waals surface area (Å²) in [4.78, 5) is 36.8. The van der Waals surface area contributed by atoms with E-state index in [2.05, 4.69) is 5.32 Å². The Morgan fingerprint density at radius 1 is 1.22 bits per heavy atom. The number of fused-ring (bicyclic) bond motifs is 1. The average Bonchev–Trinajstić information content (AvgIpc) is 2.62. The maximum atomic E-state index is 12.7. The van der Waals surface area contributed by atoms with Crippen molar-refractivity contribution in [2.75, 3.05) is 16.8 Å². The van der Waals surface area contributed by atoms with Crippen LogP contribution in [0, 0.1) is 10.1 Å². The molecule has 0 unspecified atom stereocenters. The zero-order chi connectivity index (χ0) is 19.6. The first-order chi connectivity index (χ1) is 12.8. The van der Waals surface area contributed by atoms with Crippen LogP contribution < -0.4 is 15.0 Å². The summed E-state index contributed by atoms with van der Waals surface area (Å²) in [5.41, 5.74) is -0.176. The van der Waals surface area contributed by atoms with Gasteiger partial charge in [-0.3, -0.25) is 19.7 Å². The summed E-state index contributed by atoms with van der Waals surface area (Å²) in [7, 11) is 0. The lowest BCUT2D eigenvalue weighted by Gasteiger charge is -2.38. The molecule has 3 rings (SSSR count). The van der Waals surface area contributed by atoms with Gasteiger partial charge in [0.15, 0.2) is 5.60 Å². The molecule has 2 amide bonds. The Bertz CT molecular complexity index is 910. The first-order valence-electron chi connectivity index (χ1n) is 8.42. The molecule has 0 saturated carbocycles. The van der Waals surface area contributed by atoms with Gasteiger partial charge in [0.1, 0.15) is 5.75 Å². The van der Waals surface area contributed by atoms with Crippen LogP contribution in [0.3, 0.4) is 0 Å². The van der Waals surface area contributed by atoms with Crippen LogP contribution in [0.15, 0.2) is 48.5 Å². The second-order valence-corrected chi connectivity index (χ2v) is 6.64. The van der Waals surface area contributed by atoms with Crippen LogP contribution in [0.5, 0.6) is 5.75 Å². The van der Waals surface area contributed by atoms with Gasteiger partial charge < -0.3 is 15.0 Å². The first kappa shape index (κ1) is 18.4. The van der Waals surface area contributed by atoms with Crippen LogP contribution in [-0.2, 0) is 9.59 Å². The summed E-state index contributed by atoms with van der Waals surface area (Å²) < 4.78 is 5.74. The molecule has 8 heteroatoms. The summed E-state index contributed by atoms with van der Waals surface area (Å²) in [5, 5.41) is 13.4. The van der Waals surface area contributed by atoms with E-state index in [0.29, 0.717) is 17.1 Å². The first-order valence-corrected chi connectivity index (χ1v) is 8.42. The summed E-state index contributed by atoms with van der Waals surface area (Å²) in [6, 6.07) is 12.9. The molecule has 0 atom stereocenters. The normalized spacial score (nSPS) is 14.9. The molecule has 0 aliphatic carbocycles. The highest BCUT2D eigenvalue weighted by Gasteiger charge is 2.40. The number of amides is 2. The van der Waals surface area contributed by atoms with Crippen molar-refractivity contribution in [2.24, 2.45) is 0 Å². The maximum absolute atomic E-state index is 12.7. The number of carbonyl (C=O) groups excluding carboxylic acids is 2. The fourth-order valence-corrected chi connectivity index (χ4v) is 2.88. The van der Waals surface area contributed by atoms with E-state index in [-0.39, 0.29) is 30.5 Å². The van der Waals surface area contributed by atoms with Crippen LogP contribution in [-0.4, -0.2) is 28.9 Å². The van der Waals surface area contributed by atoms with E-state index in [1.54, 1.807) is 38.1 Å². The minimum Gasteiger partial charge on any atom is -0.476 e. The number of nitrogens with zero attached hydrogens (tertiary/aromatic N) is 2. The maximum Gasteiger partial charge on any atom is 0.271 e. The van der Waals surface area contributed by atoms with Gasteiger partial charge in [0.2, 0.25) is 5.91 Å². The summed E-state index contributed by atoms with van der Waals surface area (Å²) in [6.07, 6.45) is 0.0405. The molecule has 0 fully saturated rings. The van der Waals surface area contributed by atoms with Crippen molar-refractivity contribution in [1.29, 1.82) is 0 Å². The number of para-hydroxylation sites is 2. The molecule has 1 N–H and O–H groups in total. The van der Waals surface area contributed by atoms with Gasteiger partial charge in [-0.25, -0.2) is 0 Å². The van der Waals surface area contributed by atoms with E-state index in [9.17, 15) is 19.7 Å². The van der Waals surface area contributed by atoms with Crippen LogP contribution in [0.1, 0.15) is 20.3 Å². The van der Waals surface area contributed by atoms with Crippen LogP contribution >= 0.6 is 0 Å². The number of hydrogen-bond donors (Lipinski definition) is 1. The third-order valence-corrected chi connectivity index (χ3v) is 4.18. The van der Waals surface area contributed by atoms with Crippen LogP contribution in [0.25, 0.3) is 0 Å². The SMILES string of the molecule is CC1(C)Oc2ccccc2N(CCC(=O)Nc2cccc([N+](=O)[O-])c2)C1=O. The number of rotatable bonds is 5. The highest BCUT2D eigenvalue weighted by molar-refractivity contribution is 6.03. The number of carbonyl (C=O) groups is 2. The molecule has 0 aromatic heterocycles. The minimum absolute atomic E-state index is 0.0405. The standard InChI is InChI=1S/C19H19N3O5/c1-19(2)18(24)21(15-8-3-4-9-16(15)27-19)11-10-17(23)20-13-6-5-7-14(12-13)22(25)26/h3-9,12H,10-11H2,1-2H3,(H,20,23). The lowest BCUT2D eigenvalue weighted by atomic mass is 10.0. The van der Waals surface area contributed by atoms with Crippen LogP contribution in [0.2, 0.25) is 0 Å². The number of nitro benzene ring substituents is 1. The van der Waals surface area contributed by atoms with E-state index in [1.807, 2.05) is 6.07 Å². The number of nitrogens with one attached hydrogen (secondary N) is 1. The lowest BCUT2D eigenvalue weighted by Crippen LogP contribution is -2.53. The summed E-state index contributed by atoms with van der Waals surface area (Å²) in [6.45, 7) is 3.53. The molecule has 0 radical (unpaired) electrons.